The van der Waals surface area contributed by atoms with E-state index in [0.29, 0.717) is 5.82 Å². The number of hydrogen-bond acceptors (Lipinski definition) is 3. The van der Waals surface area contributed by atoms with Gasteiger partial charge in [0.1, 0.15) is 11.2 Å². The molecule has 0 bridgehead atoms. The predicted octanol–water partition coefficient (Wildman–Crippen LogP) is 13.0. The third kappa shape index (κ3) is 4.98. The van der Waals surface area contributed by atoms with Crippen LogP contribution in [0, 0.1) is 0 Å². The van der Waals surface area contributed by atoms with Gasteiger partial charge in [0.25, 0.3) is 0 Å². The zero-order valence-corrected chi connectivity index (χ0v) is 27.6. The van der Waals surface area contributed by atoms with E-state index in [9.17, 15) is 0 Å². The predicted molar refractivity (Wildman–Crippen MR) is 212 cm³/mol. The summed E-state index contributed by atoms with van der Waals surface area (Å²) in [5.41, 5.74) is 10.9. The Hall–Kier alpha value is -6.84. The van der Waals surface area contributed by atoms with Crippen LogP contribution in [-0.2, 0) is 0 Å². The van der Waals surface area contributed by atoms with Gasteiger partial charge >= 0.3 is 0 Å². The van der Waals surface area contributed by atoms with Crippen LogP contribution in [-0.4, -0.2) is 9.97 Å². The molecule has 0 amide bonds. The largest absolute Gasteiger partial charge is 0.455 e. The van der Waals surface area contributed by atoms with E-state index in [0.717, 1.165) is 66.5 Å². The van der Waals surface area contributed by atoms with E-state index in [-0.39, 0.29) is 0 Å². The molecule has 2 heterocycles. The monoisotopic (exact) mass is 650 g/mol. The van der Waals surface area contributed by atoms with Gasteiger partial charge in [0.2, 0.25) is 0 Å². The highest BCUT2D eigenvalue weighted by Crippen LogP contribution is 2.44. The second-order valence-electron chi connectivity index (χ2n) is 12.9. The third-order valence-corrected chi connectivity index (χ3v) is 9.89. The van der Waals surface area contributed by atoms with Crippen molar-refractivity contribution in [1.82, 2.24) is 9.97 Å². The average molecular weight is 651 g/mol. The summed E-state index contributed by atoms with van der Waals surface area (Å²) in [6, 6.07) is 63.8. The molecule has 3 nitrogen and oxygen atoms in total. The van der Waals surface area contributed by atoms with E-state index >= 15 is 0 Å². The highest BCUT2D eigenvalue weighted by Gasteiger charge is 2.21. The van der Waals surface area contributed by atoms with E-state index in [1.807, 2.05) is 36.4 Å². The van der Waals surface area contributed by atoms with Gasteiger partial charge in [-0.05, 0) is 68.1 Å². The Morgan fingerprint density at radius 3 is 1.51 bits per heavy atom. The van der Waals surface area contributed by atoms with Crippen LogP contribution in [0.3, 0.4) is 0 Å². The first-order chi connectivity index (χ1) is 25.3. The minimum Gasteiger partial charge on any atom is -0.455 e. The van der Waals surface area contributed by atoms with Gasteiger partial charge in [-0.15, -0.1) is 0 Å². The van der Waals surface area contributed by atoms with Crippen LogP contribution in [0.15, 0.2) is 186 Å². The molecule has 238 valence electrons. The summed E-state index contributed by atoms with van der Waals surface area (Å²) < 4.78 is 6.81. The maximum atomic E-state index is 6.81. The van der Waals surface area contributed by atoms with Crippen molar-refractivity contribution < 1.29 is 4.42 Å². The third-order valence-electron chi connectivity index (χ3n) is 9.89. The van der Waals surface area contributed by atoms with E-state index < -0.39 is 0 Å². The van der Waals surface area contributed by atoms with Crippen LogP contribution in [0.25, 0.3) is 99.6 Å². The van der Waals surface area contributed by atoms with Crippen molar-refractivity contribution in [3.63, 3.8) is 0 Å². The topological polar surface area (TPSA) is 38.9 Å². The molecule has 0 fully saturated rings. The minimum atomic E-state index is 0.621. The molecule has 2 aromatic heterocycles. The van der Waals surface area contributed by atoms with Gasteiger partial charge < -0.3 is 4.42 Å². The van der Waals surface area contributed by atoms with Gasteiger partial charge in [-0.3, -0.25) is 0 Å². The molecule has 0 radical (unpaired) electrons. The average Bonchev–Trinajstić information content (AvgIpc) is 3.60. The summed E-state index contributed by atoms with van der Waals surface area (Å²) in [4.78, 5) is 10.5. The Labute approximate surface area is 295 Å². The maximum Gasteiger partial charge on any atom is 0.164 e. The van der Waals surface area contributed by atoms with Gasteiger partial charge in [-0.1, -0.05) is 158 Å². The lowest BCUT2D eigenvalue weighted by atomic mass is 9.90. The Kier molecular flexibility index (Phi) is 6.81. The maximum absolute atomic E-state index is 6.81. The van der Waals surface area contributed by atoms with Crippen LogP contribution in [0.4, 0.5) is 0 Å². The lowest BCUT2D eigenvalue weighted by molar-refractivity contribution is 0.670. The summed E-state index contributed by atoms with van der Waals surface area (Å²) in [5, 5.41) is 6.86. The fourth-order valence-electron chi connectivity index (χ4n) is 7.47. The van der Waals surface area contributed by atoms with Gasteiger partial charge in [-0.25, -0.2) is 9.97 Å². The minimum absolute atomic E-state index is 0.621. The van der Waals surface area contributed by atoms with E-state index in [1.54, 1.807) is 0 Å². The molecule has 8 aromatic carbocycles. The Morgan fingerprint density at radius 1 is 0.353 bits per heavy atom. The molecule has 10 rings (SSSR count). The molecule has 0 saturated carbocycles. The summed E-state index contributed by atoms with van der Waals surface area (Å²) >= 11 is 0. The molecule has 10 aromatic rings. The van der Waals surface area contributed by atoms with E-state index in [1.165, 1.54) is 27.3 Å². The standard InChI is InChI=1S/C48H30N2O/c1-4-14-31(15-5-1)36-25-26-37(40-23-13-12-22-39(36)40)35-28-41-46-38-21-11-10-16-32(38)24-27-45(46)51-47(41)42(29-35)48-49-43(33-17-6-2-7-18-33)30-44(50-48)34-19-8-3-9-20-34/h1-30H. The molecule has 0 atom stereocenters. The Balaban J connectivity index is 1.30. The molecule has 0 aliphatic carbocycles. The van der Waals surface area contributed by atoms with Crippen LogP contribution in [0.2, 0.25) is 0 Å². The number of furan rings is 1. The first-order valence-corrected chi connectivity index (χ1v) is 17.2. The molecule has 0 unspecified atom stereocenters. The smallest absolute Gasteiger partial charge is 0.164 e. The van der Waals surface area contributed by atoms with Crippen LogP contribution in [0.1, 0.15) is 0 Å². The number of hydrogen-bond donors (Lipinski definition) is 0. The fourth-order valence-corrected chi connectivity index (χ4v) is 7.47. The molecule has 0 spiro atoms. The number of aromatic nitrogens is 2. The van der Waals surface area contributed by atoms with E-state index in [4.69, 9.17) is 14.4 Å². The second-order valence-corrected chi connectivity index (χ2v) is 12.9. The summed E-state index contributed by atoms with van der Waals surface area (Å²) in [7, 11) is 0. The Morgan fingerprint density at radius 2 is 0.882 bits per heavy atom. The number of nitrogens with zero attached hydrogens (tertiary/aromatic N) is 2. The molecule has 0 aliphatic heterocycles. The van der Waals surface area contributed by atoms with Crippen molar-refractivity contribution in [1.29, 1.82) is 0 Å². The fraction of sp³-hybridized carbons (Fsp3) is 0. The van der Waals surface area contributed by atoms with Crippen LogP contribution in [0.5, 0.6) is 0 Å². The summed E-state index contributed by atoms with van der Waals surface area (Å²) in [5.74, 6) is 0.621. The van der Waals surface area contributed by atoms with Crippen molar-refractivity contribution in [3.8, 4) is 56.2 Å². The van der Waals surface area contributed by atoms with Gasteiger partial charge in [0.05, 0.1) is 17.0 Å². The highest BCUT2D eigenvalue weighted by atomic mass is 16.3. The molecule has 51 heavy (non-hydrogen) atoms. The molecular formula is C48H30N2O. The van der Waals surface area contributed by atoms with Crippen molar-refractivity contribution in [3.05, 3.63) is 182 Å². The zero-order valence-electron chi connectivity index (χ0n) is 27.6. The molecular weight excluding hydrogens is 621 g/mol. The lowest BCUT2D eigenvalue weighted by Gasteiger charge is -2.14. The quantitative estimate of drug-likeness (QED) is 0.186. The van der Waals surface area contributed by atoms with Gasteiger partial charge in [0.15, 0.2) is 5.82 Å². The molecule has 0 saturated heterocycles. The van der Waals surface area contributed by atoms with Crippen molar-refractivity contribution in [2.45, 2.75) is 0 Å². The highest BCUT2D eigenvalue weighted by molar-refractivity contribution is 6.21. The first kappa shape index (κ1) is 29.1. The van der Waals surface area contributed by atoms with Gasteiger partial charge in [-0.2, -0.15) is 0 Å². The SMILES string of the molecule is c1ccc(-c2cc(-c3ccccc3)nc(-c3cc(-c4ccc(-c5ccccc5)c5ccccc45)cc4c3oc3ccc5ccccc5c34)n2)cc1. The van der Waals surface area contributed by atoms with Gasteiger partial charge in [0, 0.05) is 21.9 Å². The zero-order chi connectivity index (χ0) is 33.7. The number of fused-ring (bicyclic) bond motifs is 6. The second kappa shape index (κ2) is 11.9. The Bertz CT molecular complexity index is 2840. The molecule has 3 heteroatoms. The number of rotatable bonds is 5. The number of benzene rings is 8. The summed E-state index contributed by atoms with van der Waals surface area (Å²) in [6.45, 7) is 0. The normalized spacial score (nSPS) is 11.5. The van der Waals surface area contributed by atoms with Crippen LogP contribution >= 0.6 is 0 Å². The van der Waals surface area contributed by atoms with Crippen LogP contribution < -0.4 is 0 Å². The molecule has 0 N–H and O–H groups in total. The first-order valence-electron chi connectivity index (χ1n) is 17.2. The van der Waals surface area contributed by atoms with Crippen molar-refractivity contribution >= 4 is 43.5 Å². The van der Waals surface area contributed by atoms with Crippen molar-refractivity contribution in [2.75, 3.05) is 0 Å². The van der Waals surface area contributed by atoms with E-state index in [2.05, 4.69) is 146 Å². The van der Waals surface area contributed by atoms with Crippen molar-refractivity contribution in [2.24, 2.45) is 0 Å². The molecule has 0 aliphatic rings. The lowest BCUT2D eigenvalue weighted by Crippen LogP contribution is -1.97. The summed E-state index contributed by atoms with van der Waals surface area (Å²) in [6.07, 6.45) is 0.